The number of carbonyl (C=O) groups is 2. The number of nitrogens with two attached hydrogens (primary N) is 1. The number of aryl methyl sites for hydroxylation is 1. The Morgan fingerprint density at radius 3 is 2.38 bits per heavy atom. The number of hydrogen-bond donors (Lipinski definition) is 2. The summed E-state index contributed by atoms with van der Waals surface area (Å²) >= 11 is 0. The van der Waals surface area contributed by atoms with Gasteiger partial charge in [-0.3, -0.25) is 9.59 Å². The molecule has 1 atom stereocenters. The standard InChI is InChI=1S/C16H24N2O3/c1-12(2)18(11-10-15(19)20)16(21)14(17)9-8-13-6-4-3-5-7-13/h3-7,12,14H,8-11,17H2,1-2H3,(H,19,20). The number of carboxylic acid groups (broad SMARTS) is 1. The Bertz CT molecular complexity index is 460. The molecule has 1 rings (SSSR count). The highest BCUT2D eigenvalue weighted by atomic mass is 16.4. The van der Waals surface area contributed by atoms with Gasteiger partial charge < -0.3 is 15.7 Å². The van der Waals surface area contributed by atoms with E-state index in [9.17, 15) is 9.59 Å². The molecule has 21 heavy (non-hydrogen) atoms. The van der Waals surface area contributed by atoms with Gasteiger partial charge in [0.25, 0.3) is 0 Å². The number of rotatable bonds is 8. The summed E-state index contributed by atoms with van der Waals surface area (Å²) in [6.45, 7) is 3.93. The molecule has 1 aromatic carbocycles. The first-order chi connectivity index (χ1) is 9.91. The van der Waals surface area contributed by atoms with Crippen molar-refractivity contribution < 1.29 is 14.7 Å². The van der Waals surface area contributed by atoms with Crippen LogP contribution in [0, 0.1) is 0 Å². The van der Waals surface area contributed by atoms with Gasteiger partial charge in [-0.25, -0.2) is 0 Å². The maximum Gasteiger partial charge on any atom is 0.305 e. The van der Waals surface area contributed by atoms with Crippen LogP contribution in [0.1, 0.15) is 32.3 Å². The van der Waals surface area contributed by atoms with Crippen molar-refractivity contribution in [2.75, 3.05) is 6.54 Å². The molecule has 0 aliphatic rings. The summed E-state index contributed by atoms with van der Waals surface area (Å²) in [4.78, 5) is 24.5. The lowest BCUT2D eigenvalue weighted by Crippen LogP contribution is -2.47. The maximum absolute atomic E-state index is 12.3. The second-order valence-corrected chi connectivity index (χ2v) is 5.40. The molecule has 0 bridgehead atoms. The highest BCUT2D eigenvalue weighted by Crippen LogP contribution is 2.08. The second-order valence-electron chi connectivity index (χ2n) is 5.40. The van der Waals surface area contributed by atoms with Crippen LogP contribution >= 0.6 is 0 Å². The summed E-state index contributed by atoms with van der Waals surface area (Å²) in [5.74, 6) is -1.09. The van der Waals surface area contributed by atoms with Gasteiger partial charge in [0.15, 0.2) is 0 Å². The molecule has 0 aliphatic carbocycles. The minimum Gasteiger partial charge on any atom is -0.481 e. The number of aliphatic carboxylic acids is 1. The van der Waals surface area contributed by atoms with Gasteiger partial charge in [0, 0.05) is 12.6 Å². The Balaban J connectivity index is 2.55. The molecule has 0 radical (unpaired) electrons. The minimum absolute atomic E-state index is 0.0559. The van der Waals surface area contributed by atoms with Crippen molar-refractivity contribution in [2.24, 2.45) is 5.73 Å². The Morgan fingerprint density at radius 2 is 1.86 bits per heavy atom. The lowest BCUT2D eigenvalue weighted by atomic mass is 10.0. The minimum atomic E-state index is -0.911. The summed E-state index contributed by atoms with van der Waals surface area (Å²) in [5, 5.41) is 8.75. The second kappa shape index (κ2) is 8.42. The fourth-order valence-corrected chi connectivity index (χ4v) is 2.14. The quantitative estimate of drug-likeness (QED) is 0.763. The summed E-state index contributed by atoms with van der Waals surface area (Å²) in [6.07, 6.45) is 1.23. The topological polar surface area (TPSA) is 83.6 Å². The molecule has 5 heteroatoms. The number of carbonyl (C=O) groups excluding carboxylic acids is 1. The van der Waals surface area contributed by atoms with Gasteiger partial charge in [-0.1, -0.05) is 30.3 Å². The van der Waals surface area contributed by atoms with Gasteiger partial charge in [0.05, 0.1) is 12.5 Å². The molecule has 0 fully saturated rings. The first-order valence-electron chi connectivity index (χ1n) is 7.23. The molecule has 0 heterocycles. The number of nitrogens with zero attached hydrogens (tertiary/aromatic N) is 1. The van der Waals surface area contributed by atoms with Crippen molar-refractivity contribution in [3.05, 3.63) is 35.9 Å². The Hall–Kier alpha value is -1.88. The molecule has 5 nitrogen and oxygen atoms in total. The van der Waals surface area contributed by atoms with Crippen LogP contribution in [0.5, 0.6) is 0 Å². The van der Waals surface area contributed by atoms with Crippen LogP contribution in [0.25, 0.3) is 0 Å². The predicted molar refractivity (Wildman–Crippen MR) is 81.8 cm³/mol. The molecule has 1 unspecified atom stereocenters. The molecule has 116 valence electrons. The van der Waals surface area contributed by atoms with Crippen molar-refractivity contribution in [2.45, 2.75) is 45.2 Å². The third kappa shape index (κ3) is 5.95. The Labute approximate surface area is 125 Å². The van der Waals surface area contributed by atoms with Crippen LogP contribution in [-0.2, 0) is 16.0 Å². The molecule has 1 amide bonds. The summed E-state index contributed by atoms with van der Waals surface area (Å²) < 4.78 is 0. The van der Waals surface area contributed by atoms with E-state index in [1.165, 1.54) is 0 Å². The van der Waals surface area contributed by atoms with E-state index in [0.29, 0.717) is 6.42 Å². The van der Waals surface area contributed by atoms with Gasteiger partial charge in [-0.05, 0) is 32.3 Å². The lowest BCUT2D eigenvalue weighted by molar-refractivity contribution is -0.139. The molecule has 0 aromatic heterocycles. The third-order valence-electron chi connectivity index (χ3n) is 3.38. The smallest absolute Gasteiger partial charge is 0.305 e. The highest BCUT2D eigenvalue weighted by molar-refractivity contribution is 5.82. The molecular formula is C16H24N2O3. The van der Waals surface area contributed by atoms with Crippen molar-refractivity contribution >= 4 is 11.9 Å². The molecule has 1 aromatic rings. The van der Waals surface area contributed by atoms with E-state index in [1.54, 1.807) is 4.90 Å². The van der Waals surface area contributed by atoms with E-state index >= 15 is 0 Å². The third-order valence-corrected chi connectivity index (χ3v) is 3.38. The zero-order chi connectivity index (χ0) is 15.8. The predicted octanol–water partition coefficient (Wildman–Crippen LogP) is 1.66. The molecule has 0 spiro atoms. The summed E-state index contributed by atoms with van der Waals surface area (Å²) in [6, 6.07) is 9.21. The van der Waals surface area contributed by atoms with E-state index in [4.69, 9.17) is 10.8 Å². The number of hydrogen-bond acceptors (Lipinski definition) is 3. The van der Waals surface area contributed by atoms with Crippen LogP contribution in [0.2, 0.25) is 0 Å². The van der Waals surface area contributed by atoms with Crippen LogP contribution in [0.4, 0.5) is 0 Å². The summed E-state index contributed by atoms with van der Waals surface area (Å²) in [7, 11) is 0. The maximum atomic E-state index is 12.3. The van der Waals surface area contributed by atoms with Gasteiger partial charge >= 0.3 is 5.97 Å². The van der Waals surface area contributed by atoms with Gasteiger partial charge in [-0.15, -0.1) is 0 Å². The van der Waals surface area contributed by atoms with Crippen LogP contribution in [-0.4, -0.2) is 40.5 Å². The molecule has 0 saturated carbocycles. The largest absolute Gasteiger partial charge is 0.481 e. The van der Waals surface area contributed by atoms with E-state index < -0.39 is 12.0 Å². The highest BCUT2D eigenvalue weighted by Gasteiger charge is 2.23. The van der Waals surface area contributed by atoms with E-state index in [-0.39, 0.29) is 24.9 Å². The zero-order valence-corrected chi connectivity index (χ0v) is 12.7. The summed E-state index contributed by atoms with van der Waals surface area (Å²) in [5.41, 5.74) is 7.11. The van der Waals surface area contributed by atoms with Crippen molar-refractivity contribution in [3.8, 4) is 0 Å². The SMILES string of the molecule is CC(C)N(CCC(=O)O)C(=O)C(N)CCc1ccccc1. The molecule has 3 N–H and O–H groups in total. The number of benzene rings is 1. The van der Waals surface area contributed by atoms with Crippen LogP contribution in [0.3, 0.4) is 0 Å². The average molecular weight is 292 g/mol. The average Bonchev–Trinajstić information content (AvgIpc) is 2.45. The first-order valence-corrected chi connectivity index (χ1v) is 7.23. The monoisotopic (exact) mass is 292 g/mol. The van der Waals surface area contributed by atoms with Gasteiger partial charge in [0.1, 0.15) is 0 Å². The normalized spacial score (nSPS) is 12.2. The molecular weight excluding hydrogens is 268 g/mol. The van der Waals surface area contributed by atoms with Crippen LogP contribution in [0.15, 0.2) is 30.3 Å². The Morgan fingerprint density at radius 1 is 1.24 bits per heavy atom. The van der Waals surface area contributed by atoms with Crippen LogP contribution < -0.4 is 5.73 Å². The molecule has 0 aliphatic heterocycles. The van der Waals surface area contributed by atoms with E-state index in [1.807, 2.05) is 44.2 Å². The van der Waals surface area contributed by atoms with Crippen molar-refractivity contribution in [3.63, 3.8) is 0 Å². The number of amides is 1. The zero-order valence-electron chi connectivity index (χ0n) is 12.7. The lowest BCUT2D eigenvalue weighted by Gasteiger charge is -2.29. The van der Waals surface area contributed by atoms with Crippen molar-refractivity contribution in [1.29, 1.82) is 0 Å². The first kappa shape index (κ1) is 17.2. The fourth-order valence-electron chi connectivity index (χ4n) is 2.14. The van der Waals surface area contributed by atoms with Crippen molar-refractivity contribution in [1.82, 2.24) is 4.90 Å². The van der Waals surface area contributed by atoms with Gasteiger partial charge in [0.2, 0.25) is 5.91 Å². The van der Waals surface area contributed by atoms with E-state index in [0.717, 1.165) is 12.0 Å². The Kier molecular flexibility index (Phi) is 6.88. The fraction of sp³-hybridized carbons (Fsp3) is 0.500. The molecule has 0 saturated heterocycles. The van der Waals surface area contributed by atoms with E-state index in [2.05, 4.69) is 0 Å². The van der Waals surface area contributed by atoms with Gasteiger partial charge in [-0.2, -0.15) is 0 Å². The number of carboxylic acids is 1.